The highest BCUT2D eigenvalue weighted by Crippen LogP contribution is 2.20. The van der Waals surface area contributed by atoms with Crippen LogP contribution in [0, 0.1) is 0 Å². The van der Waals surface area contributed by atoms with Crippen LogP contribution in [0.5, 0.6) is 0 Å². The van der Waals surface area contributed by atoms with Crippen LogP contribution in [0.25, 0.3) is 0 Å². The standard InChI is InChI=1S/C19H25N3O.2ClH/c1-19(20,16-12-8-5-9-13-16)18(23)21-14-17(22(2)3)15-10-6-4-7-11-15;;/h4-13,17H,14,20H2,1-3H3,(H,21,23);2*1H. The number of nitrogens with two attached hydrogens (primary N) is 1. The van der Waals surface area contributed by atoms with E-state index in [1.165, 1.54) is 0 Å². The molecular formula is C19H27Cl2N3O. The number of nitrogens with zero attached hydrogens (tertiary/aromatic N) is 1. The van der Waals surface area contributed by atoms with E-state index in [1.54, 1.807) is 6.92 Å². The van der Waals surface area contributed by atoms with E-state index in [0.29, 0.717) is 6.54 Å². The summed E-state index contributed by atoms with van der Waals surface area (Å²) in [4.78, 5) is 14.7. The van der Waals surface area contributed by atoms with E-state index < -0.39 is 5.54 Å². The molecule has 25 heavy (non-hydrogen) atoms. The van der Waals surface area contributed by atoms with Gasteiger partial charge in [-0.15, -0.1) is 24.8 Å². The fourth-order valence-corrected chi connectivity index (χ4v) is 2.56. The van der Waals surface area contributed by atoms with Gasteiger partial charge in [-0.3, -0.25) is 4.79 Å². The first-order valence-corrected chi connectivity index (χ1v) is 7.77. The van der Waals surface area contributed by atoms with Crippen LogP contribution in [-0.2, 0) is 10.3 Å². The van der Waals surface area contributed by atoms with Gasteiger partial charge in [-0.1, -0.05) is 60.7 Å². The summed E-state index contributed by atoms with van der Waals surface area (Å²) >= 11 is 0. The number of carbonyl (C=O) groups excluding carboxylic acids is 1. The Labute approximate surface area is 162 Å². The third-order valence-corrected chi connectivity index (χ3v) is 4.11. The lowest BCUT2D eigenvalue weighted by Crippen LogP contribution is -2.50. The Bertz CT molecular complexity index is 634. The minimum atomic E-state index is -1.05. The van der Waals surface area contributed by atoms with E-state index in [0.717, 1.165) is 11.1 Å². The maximum Gasteiger partial charge on any atom is 0.244 e. The number of benzene rings is 2. The summed E-state index contributed by atoms with van der Waals surface area (Å²) in [7, 11) is 4.01. The molecule has 0 saturated carbocycles. The highest BCUT2D eigenvalue weighted by molar-refractivity contribution is 5.87. The Morgan fingerprint density at radius 2 is 1.52 bits per heavy atom. The monoisotopic (exact) mass is 383 g/mol. The van der Waals surface area contributed by atoms with E-state index in [-0.39, 0.29) is 36.8 Å². The van der Waals surface area contributed by atoms with Crippen molar-refractivity contribution in [2.45, 2.75) is 18.5 Å². The highest BCUT2D eigenvalue weighted by Gasteiger charge is 2.30. The number of carbonyl (C=O) groups is 1. The van der Waals surface area contributed by atoms with Crippen LogP contribution < -0.4 is 11.1 Å². The number of halogens is 2. The predicted molar refractivity (Wildman–Crippen MR) is 108 cm³/mol. The molecule has 2 aromatic carbocycles. The molecule has 0 aliphatic rings. The Morgan fingerprint density at radius 3 is 2.00 bits per heavy atom. The Kier molecular flexibility index (Phi) is 9.75. The first-order chi connectivity index (χ1) is 10.9. The first kappa shape index (κ1) is 23.4. The van der Waals surface area contributed by atoms with Gasteiger partial charge in [0.25, 0.3) is 0 Å². The molecule has 2 rings (SSSR count). The van der Waals surface area contributed by atoms with Crippen molar-refractivity contribution in [2.75, 3.05) is 20.6 Å². The van der Waals surface area contributed by atoms with Crippen LogP contribution in [0.3, 0.4) is 0 Å². The van der Waals surface area contributed by atoms with E-state index >= 15 is 0 Å². The minimum Gasteiger partial charge on any atom is -0.352 e. The Morgan fingerprint density at radius 1 is 1.04 bits per heavy atom. The maximum absolute atomic E-state index is 12.6. The second kappa shape index (κ2) is 10.4. The van der Waals surface area contributed by atoms with Gasteiger partial charge in [-0.2, -0.15) is 0 Å². The van der Waals surface area contributed by atoms with Crippen LogP contribution in [0.1, 0.15) is 24.1 Å². The van der Waals surface area contributed by atoms with Gasteiger partial charge in [0, 0.05) is 6.54 Å². The van der Waals surface area contributed by atoms with Crippen LogP contribution in [-0.4, -0.2) is 31.4 Å². The van der Waals surface area contributed by atoms with Crippen molar-refractivity contribution < 1.29 is 4.79 Å². The van der Waals surface area contributed by atoms with Crippen LogP contribution in [0.4, 0.5) is 0 Å². The largest absolute Gasteiger partial charge is 0.352 e. The van der Waals surface area contributed by atoms with Gasteiger partial charge in [0.2, 0.25) is 5.91 Å². The molecule has 0 aliphatic carbocycles. The lowest BCUT2D eigenvalue weighted by molar-refractivity contribution is -0.126. The zero-order valence-corrected chi connectivity index (χ0v) is 16.4. The van der Waals surface area contributed by atoms with Crippen molar-refractivity contribution in [3.8, 4) is 0 Å². The maximum atomic E-state index is 12.6. The van der Waals surface area contributed by atoms with Crippen molar-refractivity contribution in [1.29, 1.82) is 0 Å². The van der Waals surface area contributed by atoms with Crippen molar-refractivity contribution in [3.63, 3.8) is 0 Å². The summed E-state index contributed by atoms with van der Waals surface area (Å²) in [5.41, 5.74) is 7.18. The molecule has 0 aliphatic heterocycles. The number of nitrogens with one attached hydrogen (secondary N) is 1. The predicted octanol–water partition coefficient (Wildman–Crippen LogP) is 3.12. The summed E-state index contributed by atoms with van der Waals surface area (Å²) in [6, 6.07) is 19.7. The molecule has 1 amide bonds. The van der Waals surface area contributed by atoms with Crippen LogP contribution in [0.2, 0.25) is 0 Å². The summed E-state index contributed by atoms with van der Waals surface area (Å²) in [5.74, 6) is -0.175. The molecule has 2 unspecified atom stereocenters. The fourth-order valence-electron chi connectivity index (χ4n) is 2.56. The summed E-state index contributed by atoms with van der Waals surface area (Å²) in [5, 5.41) is 3.00. The molecule has 0 fully saturated rings. The third-order valence-electron chi connectivity index (χ3n) is 4.11. The van der Waals surface area contributed by atoms with Gasteiger partial charge in [-0.25, -0.2) is 0 Å². The van der Waals surface area contributed by atoms with E-state index in [1.807, 2.05) is 62.6 Å². The molecule has 3 N–H and O–H groups in total. The van der Waals surface area contributed by atoms with Gasteiger partial charge >= 0.3 is 0 Å². The van der Waals surface area contributed by atoms with Gasteiger partial charge in [0.05, 0.1) is 6.04 Å². The minimum absolute atomic E-state index is 0. The van der Waals surface area contributed by atoms with E-state index in [2.05, 4.69) is 22.3 Å². The molecule has 2 aromatic rings. The van der Waals surface area contributed by atoms with E-state index in [4.69, 9.17) is 5.73 Å². The molecule has 6 heteroatoms. The molecule has 0 bridgehead atoms. The Balaban J connectivity index is 0.00000288. The smallest absolute Gasteiger partial charge is 0.244 e. The van der Waals surface area contributed by atoms with Gasteiger partial charge in [0.15, 0.2) is 0 Å². The second-order valence-electron chi connectivity index (χ2n) is 6.17. The van der Waals surface area contributed by atoms with Gasteiger partial charge in [0.1, 0.15) is 5.54 Å². The number of hydrogen-bond acceptors (Lipinski definition) is 3. The third kappa shape index (κ3) is 6.01. The lowest BCUT2D eigenvalue weighted by Gasteiger charge is -2.28. The topological polar surface area (TPSA) is 58.4 Å². The van der Waals surface area contributed by atoms with Crippen LogP contribution >= 0.6 is 24.8 Å². The number of rotatable bonds is 6. The second-order valence-corrected chi connectivity index (χ2v) is 6.17. The zero-order chi connectivity index (χ0) is 16.9. The summed E-state index contributed by atoms with van der Waals surface area (Å²) < 4.78 is 0. The normalized spacial score (nSPS) is 13.8. The quantitative estimate of drug-likeness (QED) is 0.805. The highest BCUT2D eigenvalue weighted by atomic mass is 35.5. The summed E-state index contributed by atoms with van der Waals surface area (Å²) in [6.45, 7) is 2.25. The molecule has 2 atom stereocenters. The lowest BCUT2D eigenvalue weighted by atomic mass is 9.92. The first-order valence-electron chi connectivity index (χ1n) is 7.77. The molecular weight excluding hydrogens is 357 g/mol. The molecule has 0 spiro atoms. The average Bonchev–Trinajstić information content (AvgIpc) is 2.56. The van der Waals surface area contributed by atoms with Crippen molar-refractivity contribution in [1.82, 2.24) is 10.2 Å². The Hall–Kier alpha value is -1.59. The molecule has 0 heterocycles. The molecule has 0 saturated heterocycles. The van der Waals surface area contributed by atoms with Gasteiger partial charge < -0.3 is 16.0 Å². The van der Waals surface area contributed by atoms with E-state index in [9.17, 15) is 4.79 Å². The number of hydrogen-bond donors (Lipinski definition) is 2. The molecule has 0 aromatic heterocycles. The average molecular weight is 384 g/mol. The molecule has 138 valence electrons. The number of likely N-dealkylation sites (N-methyl/N-ethyl adjacent to an activating group) is 1. The SMILES string of the molecule is CN(C)C(CNC(=O)C(C)(N)c1ccccc1)c1ccccc1.Cl.Cl. The zero-order valence-electron chi connectivity index (χ0n) is 14.8. The van der Waals surface area contributed by atoms with Crippen LogP contribution in [0.15, 0.2) is 60.7 Å². The van der Waals surface area contributed by atoms with Crippen molar-refractivity contribution in [3.05, 3.63) is 71.8 Å². The van der Waals surface area contributed by atoms with Gasteiger partial charge in [-0.05, 0) is 32.1 Å². The summed E-state index contributed by atoms with van der Waals surface area (Å²) in [6.07, 6.45) is 0. The molecule has 4 nitrogen and oxygen atoms in total. The van der Waals surface area contributed by atoms with Crippen molar-refractivity contribution in [2.24, 2.45) is 5.73 Å². The molecule has 0 radical (unpaired) electrons. The number of amides is 1. The van der Waals surface area contributed by atoms with Crippen molar-refractivity contribution >= 4 is 30.7 Å². The fraction of sp³-hybridized carbons (Fsp3) is 0.316.